The van der Waals surface area contributed by atoms with Gasteiger partial charge in [-0.1, -0.05) is 12.1 Å². The summed E-state index contributed by atoms with van der Waals surface area (Å²) in [5.41, 5.74) is 2.34. The van der Waals surface area contributed by atoms with Gasteiger partial charge in [-0.2, -0.15) is 0 Å². The van der Waals surface area contributed by atoms with E-state index in [4.69, 9.17) is 23.7 Å². The van der Waals surface area contributed by atoms with E-state index in [0.717, 1.165) is 11.1 Å². The van der Waals surface area contributed by atoms with Gasteiger partial charge in [0.2, 0.25) is 0 Å². The predicted molar refractivity (Wildman–Crippen MR) is 94.9 cm³/mol. The van der Waals surface area contributed by atoms with Crippen LogP contribution in [-0.4, -0.2) is 33.6 Å². The first kappa shape index (κ1) is 18.2. The lowest BCUT2D eigenvalue weighted by molar-refractivity contribution is 0.0487. The molecular formula is C20H22O6. The zero-order valence-corrected chi connectivity index (χ0v) is 15.1. The molecule has 6 heteroatoms. The van der Waals surface area contributed by atoms with Crippen molar-refractivity contribution in [1.29, 1.82) is 0 Å². The van der Waals surface area contributed by atoms with Crippen LogP contribution in [0, 0.1) is 6.92 Å². The number of aryl methyl sites for hydroxylation is 1. The molecule has 0 radical (unpaired) electrons. The third-order valence-corrected chi connectivity index (χ3v) is 4.06. The lowest BCUT2D eigenvalue weighted by atomic mass is 9.94. The molecule has 1 aliphatic heterocycles. The first-order chi connectivity index (χ1) is 12.6. The molecule has 2 aromatic rings. The summed E-state index contributed by atoms with van der Waals surface area (Å²) in [6, 6.07) is 11.1. The van der Waals surface area contributed by atoms with Crippen molar-refractivity contribution in [2.75, 3.05) is 27.8 Å². The predicted octanol–water partition coefficient (Wildman–Crippen LogP) is 3.67. The molecule has 2 aromatic carbocycles. The molecule has 0 saturated carbocycles. The van der Waals surface area contributed by atoms with Crippen molar-refractivity contribution in [3.8, 4) is 17.2 Å². The van der Waals surface area contributed by atoms with Gasteiger partial charge in [-0.15, -0.1) is 0 Å². The van der Waals surface area contributed by atoms with Crippen LogP contribution < -0.4 is 14.2 Å². The molecule has 0 bridgehead atoms. The van der Waals surface area contributed by atoms with Gasteiger partial charge in [-0.05, 0) is 42.3 Å². The van der Waals surface area contributed by atoms with Gasteiger partial charge in [0.1, 0.15) is 28.9 Å². The average Bonchev–Trinajstić information content (AvgIpc) is 2.64. The first-order valence-electron chi connectivity index (χ1n) is 8.30. The second-order valence-corrected chi connectivity index (χ2v) is 6.04. The van der Waals surface area contributed by atoms with Crippen molar-refractivity contribution >= 4 is 5.78 Å². The van der Waals surface area contributed by atoms with E-state index in [9.17, 15) is 4.79 Å². The van der Waals surface area contributed by atoms with E-state index < -0.39 is 0 Å². The molecule has 1 unspecified atom stereocenters. The Morgan fingerprint density at radius 1 is 1.04 bits per heavy atom. The van der Waals surface area contributed by atoms with Crippen molar-refractivity contribution in [3.05, 3.63) is 53.1 Å². The van der Waals surface area contributed by atoms with Gasteiger partial charge in [0, 0.05) is 14.2 Å². The second-order valence-electron chi connectivity index (χ2n) is 6.04. The third kappa shape index (κ3) is 3.98. The topological polar surface area (TPSA) is 63.2 Å². The Kier molecular flexibility index (Phi) is 5.75. The minimum Gasteiger partial charge on any atom is -0.484 e. The Balaban J connectivity index is 1.83. The minimum atomic E-state index is -0.344. The molecule has 26 heavy (non-hydrogen) atoms. The summed E-state index contributed by atoms with van der Waals surface area (Å²) < 4.78 is 26.9. The molecule has 0 saturated heterocycles. The van der Waals surface area contributed by atoms with Gasteiger partial charge < -0.3 is 23.7 Å². The second kappa shape index (κ2) is 8.21. The zero-order chi connectivity index (χ0) is 18.5. The number of hydrogen-bond donors (Lipinski definition) is 0. The smallest absolute Gasteiger partial charge is 0.188 e. The number of carbonyl (C=O) groups excluding carboxylic acids is 1. The summed E-state index contributed by atoms with van der Waals surface area (Å²) in [4.78, 5) is 12.7. The number of hydrogen-bond acceptors (Lipinski definition) is 6. The molecule has 138 valence electrons. The summed E-state index contributed by atoms with van der Waals surface area (Å²) in [5.74, 6) is 1.72. The standard InChI is InChI=1S/C20H22O6/c1-13-8-18(25-12-23-3)20-16(21)10-17(26-19(20)9-13)14-4-6-15(7-5-14)24-11-22-2/h4-9,17H,10-12H2,1-3H3. The molecule has 0 fully saturated rings. The van der Waals surface area contributed by atoms with Crippen LogP contribution in [0.3, 0.4) is 0 Å². The summed E-state index contributed by atoms with van der Waals surface area (Å²) in [6.07, 6.45) is -0.0962. The molecule has 0 amide bonds. The highest BCUT2D eigenvalue weighted by Gasteiger charge is 2.31. The molecule has 6 nitrogen and oxygen atoms in total. The third-order valence-electron chi connectivity index (χ3n) is 4.06. The summed E-state index contributed by atoms with van der Waals surface area (Å²) in [6.45, 7) is 2.20. The average molecular weight is 358 g/mol. The fourth-order valence-electron chi connectivity index (χ4n) is 2.88. The van der Waals surface area contributed by atoms with E-state index in [-0.39, 0.29) is 31.9 Å². The van der Waals surface area contributed by atoms with E-state index in [1.807, 2.05) is 43.3 Å². The number of methoxy groups -OCH3 is 2. The maximum Gasteiger partial charge on any atom is 0.188 e. The van der Waals surface area contributed by atoms with Crippen LogP contribution in [-0.2, 0) is 9.47 Å². The highest BCUT2D eigenvalue weighted by Crippen LogP contribution is 2.40. The molecule has 1 heterocycles. The van der Waals surface area contributed by atoms with Gasteiger partial charge in [-0.25, -0.2) is 0 Å². The molecule has 1 aliphatic rings. The fraction of sp³-hybridized carbons (Fsp3) is 0.350. The van der Waals surface area contributed by atoms with Crippen molar-refractivity contribution < 1.29 is 28.5 Å². The lowest BCUT2D eigenvalue weighted by Crippen LogP contribution is -2.21. The molecule has 0 spiro atoms. The van der Waals surface area contributed by atoms with E-state index >= 15 is 0 Å². The maximum atomic E-state index is 12.7. The van der Waals surface area contributed by atoms with Crippen molar-refractivity contribution in [3.63, 3.8) is 0 Å². The molecular weight excluding hydrogens is 336 g/mol. The Morgan fingerprint density at radius 2 is 1.73 bits per heavy atom. The summed E-state index contributed by atoms with van der Waals surface area (Å²) >= 11 is 0. The normalized spacial score (nSPS) is 16.0. The maximum absolute atomic E-state index is 12.7. The SMILES string of the molecule is COCOc1ccc(C2CC(=O)c3c(OCOC)cc(C)cc3O2)cc1. The van der Waals surface area contributed by atoms with Crippen LogP contribution in [0.2, 0.25) is 0 Å². The van der Waals surface area contributed by atoms with Crippen LogP contribution in [0.1, 0.15) is 34.0 Å². The molecule has 0 aliphatic carbocycles. The fourth-order valence-corrected chi connectivity index (χ4v) is 2.88. The highest BCUT2D eigenvalue weighted by atomic mass is 16.7. The van der Waals surface area contributed by atoms with E-state index in [0.29, 0.717) is 22.8 Å². The van der Waals surface area contributed by atoms with E-state index in [1.54, 1.807) is 7.11 Å². The Labute approximate surface area is 152 Å². The molecule has 0 N–H and O–H groups in total. The number of Topliss-reactive ketones (excluding diaryl/α,β-unsaturated/α-hetero) is 1. The van der Waals surface area contributed by atoms with Crippen LogP contribution >= 0.6 is 0 Å². The van der Waals surface area contributed by atoms with Crippen molar-refractivity contribution in [2.45, 2.75) is 19.4 Å². The number of ketones is 1. The van der Waals surface area contributed by atoms with Crippen molar-refractivity contribution in [2.24, 2.45) is 0 Å². The first-order valence-corrected chi connectivity index (χ1v) is 8.30. The van der Waals surface area contributed by atoms with E-state index in [1.165, 1.54) is 7.11 Å². The zero-order valence-electron chi connectivity index (χ0n) is 15.1. The van der Waals surface area contributed by atoms with Gasteiger partial charge >= 0.3 is 0 Å². The van der Waals surface area contributed by atoms with Gasteiger partial charge in [-0.3, -0.25) is 4.79 Å². The van der Waals surface area contributed by atoms with Gasteiger partial charge in [0.15, 0.2) is 19.4 Å². The summed E-state index contributed by atoms with van der Waals surface area (Å²) in [5, 5.41) is 0. The number of ether oxygens (including phenoxy) is 5. The quantitative estimate of drug-likeness (QED) is 0.704. The van der Waals surface area contributed by atoms with E-state index in [2.05, 4.69) is 0 Å². The van der Waals surface area contributed by atoms with Crippen LogP contribution in [0.15, 0.2) is 36.4 Å². The number of carbonyl (C=O) groups is 1. The Morgan fingerprint density at radius 3 is 2.42 bits per heavy atom. The van der Waals surface area contributed by atoms with Crippen LogP contribution in [0.5, 0.6) is 17.2 Å². The largest absolute Gasteiger partial charge is 0.484 e. The number of fused-ring (bicyclic) bond motifs is 1. The number of rotatable bonds is 7. The molecule has 1 atom stereocenters. The van der Waals surface area contributed by atoms with Gasteiger partial charge in [0.05, 0.1) is 6.42 Å². The Hall–Kier alpha value is -2.57. The monoisotopic (exact) mass is 358 g/mol. The number of benzene rings is 2. The molecule has 0 aromatic heterocycles. The minimum absolute atomic E-state index is 0.0120. The molecule has 3 rings (SSSR count). The van der Waals surface area contributed by atoms with Crippen LogP contribution in [0.25, 0.3) is 0 Å². The summed E-state index contributed by atoms with van der Waals surface area (Å²) in [7, 11) is 3.11. The highest BCUT2D eigenvalue weighted by molar-refractivity contribution is 6.02. The van der Waals surface area contributed by atoms with Crippen LogP contribution in [0.4, 0.5) is 0 Å². The lowest BCUT2D eigenvalue weighted by Gasteiger charge is -2.27. The Bertz CT molecular complexity index is 769. The van der Waals surface area contributed by atoms with Crippen molar-refractivity contribution in [1.82, 2.24) is 0 Å². The van der Waals surface area contributed by atoms with Gasteiger partial charge in [0.25, 0.3) is 0 Å².